The summed E-state index contributed by atoms with van der Waals surface area (Å²) < 4.78 is 4.27. The molecular weight excluding hydrogens is 326 g/mol. The summed E-state index contributed by atoms with van der Waals surface area (Å²) in [6, 6.07) is 4.19. The Morgan fingerprint density at radius 1 is 1.12 bits per heavy atom. The molecule has 0 saturated carbocycles. The molecule has 1 fully saturated rings. The van der Waals surface area contributed by atoms with Crippen LogP contribution in [-0.2, 0) is 20.1 Å². The molecule has 7 heteroatoms. The predicted octanol–water partition coefficient (Wildman–Crippen LogP) is 2.14. The van der Waals surface area contributed by atoms with Gasteiger partial charge < -0.3 is 9.13 Å². The number of aromatic nitrogens is 6. The second-order valence-electron chi connectivity index (χ2n) is 7.07. The summed E-state index contributed by atoms with van der Waals surface area (Å²) in [5.41, 5.74) is 1.31. The van der Waals surface area contributed by atoms with E-state index in [1.165, 1.54) is 18.4 Å². The maximum absolute atomic E-state index is 4.53. The summed E-state index contributed by atoms with van der Waals surface area (Å²) >= 11 is 0. The van der Waals surface area contributed by atoms with Gasteiger partial charge in [-0.05, 0) is 44.0 Å². The predicted molar refractivity (Wildman–Crippen MR) is 98.6 cm³/mol. The molecule has 0 bridgehead atoms. The van der Waals surface area contributed by atoms with Crippen molar-refractivity contribution in [1.29, 1.82) is 0 Å². The van der Waals surface area contributed by atoms with E-state index in [0.29, 0.717) is 12.5 Å². The van der Waals surface area contributed by atoms with Crippen LogP contribution in [0.5, 0.6) is 0 Å². The Kier molecular flexibility index (Phi) is 4.79. The Bertz CT molecular complexity index is 852. The number of hydrogen-bond donors (Lipinski definition) is 0. The average molecular weight is 351 g/mol. The molecule has 0 aliphatic carbocycles. The van der Waals surface area contributed by atoms with Crippen LogP contribution in [0.4, 0.5) is 0 Å². The number of piperidine rings is 1. The molecule has 1 aliphatic heterocycles. The fourth-order valence-corrected chi connectivity index (χ4v) is 3.75. The van der Waals surface area contributed by atoms with Crippen molar-refractivity contribution < 1.29 is 0 Å². The lowest BCUT2D eigenvalue weighted by Gasteiger charge is -2.32. The maximum Gasteiger partial charge on any atom is 0.152 e. The lowest BCUT2D eigenvalue weighted by atomic mass is 9.96. The minimum absolute atomic E-state index is 0.431. The van der Waals surface area contributed by atoms with E-state index in [1.54, 1.807) is 0 Å². The van der Waals surface area contributed by atoms with Crippen molar-refractivity contribution in [2.75, 3.05) is 13.1 Å². The summed E-state index contributed by atoms with van der Waals surface area (Å²) in [5, 5.41) is 8.99. The number of likely N-dealkylation sites (tertiary alicyclic amines) is 1. The molecule has 0 N–H and O–H groups in total. The molecule has 7 nitrogen and oxygen atoms in total. The van der Waals surface area contributed by atoms with Crippen molar-refractivity contribution in [3.05, 3.63) is 60.0 Å². The Morgan fingerprint density at radius 2 is 1.96 bits per heavy atom. The maximum atomic E-state index is 4.53. The summed E-state index contributed by atoms with van der Waals surface area (Å²) in [7, 11) is 2.08. The second kappa shape index (κ2) is 7.37. The van der Waals surface area contributed by atoms with Gasteiger partial charge in [0.2, 0.25) is 0 Å². The first-order chi connectivity index (χ1) is 12.7. The standard InChI is InChI=1S/C19H25N7/c1-15-21-9-11-26(15)14-18-22-23-19(24(18)2)17-4-3-10-25(13-17)12-16-5-7-20-8-6-16/h5-9,11,17H,3-4,10,12-14H2,1-2H3/t17-/m0/s1. The van der Waals surface area contributed by atoms with Crippen molar-refractivity contribution in [3.63, 3.8) is 0 Å². The van der Waals surface area contributed by atoms with Crippen LogP contribution in [0.2, 0.25) is 0 Å². The molecule has 0 amide bonds. The molecule has 4 heterocycles. The highest BCUT2D eigenvalue weighted by Gasteiger charge is 2.26. The van der Waals surface area contributed by atoms with Gasteiger partial charge in [-0.2, -0.15) is 0 Å². The third-order valence-electron chi connectivity index (χ3n) is 5.26. The summed E-state index contributed by atoms with van der Waals surface area (Å²) in [4.78, 5) is 10.9. The van der Waals surface area contributed by atoms with Crippen LogP contribution in [0.15, 0.2) is 36.9 Å². The van der Waals surface area contributed by atoms with Crippen molar-refractivity contribution in [1.82, 2.24) is 34.2 Å². The first-order valence-electron chi connectivity index (χ1n) is 9.18. The molecule has 0 aromatic carbocycles. The van der Waals surface area contributed by atoms with Crippen molar-refractivity contribution in [2.24, 2.45) is 7.05 Å². The zero-order valence-electron chi connectivity index (χ0n) is 15.4. The van der Waals surface area contributed by atoms with Gasteiger partial charge in [-0.15, -0.1) is 10.2 Å². The van der Waals surface area contributed by atoms with Crippen LogP contribution < -0.4 is 0 Å². The van der Waals surface area contributed by atoms with Crippen LogP contribution in [-0.4, -0.2) is 47.3 Å². The van der Waals surface area contributed by atoms with Gasteiger partial charge in [-0.3, -0.25) is 9.88 Å². The molecule has 3 aromatic rings. The van der Waals surface area contributed by atoms with Gasteiger partial charge in [0, 0.05) is 50.8 Å². The van der Waals surface area contributed by atoms with E-state index in [9.17, 15) is 0 Å². The van der Waals surface area contributed by atoms with Crippen LogP contribution in [0.1, 0.15) is 41.8 Å². The Morgan fingerprint density at radius 3 is 2.73 bits per heavy atom. The SMILES string of the molecule is Cc1nccn1Cc1nnc([C@H]2CCCN(Cc3ccncc3)C2)n1C. The van der Waals surface area contributed by atoms with Gasteiger partial charge in [0.05, 0.1) is 6.54 Å². The van der Waals surface area contributed by atoms with E-state index in [1.807, 2.05) is 31.7 Å². The van der Waals surface area contributed by atoms with Crippen molar-refractivity contribution >= 4 is 0 Å². The molecule has 4 rings (SSSR count). The van der Waals surface area contributed by atoms with Gasteiger partial charge in [-0.25, -0.2) is 4.98 Å². The van der Waals surface area contributed by atoms with Gasteiger partial charge in [-0.1, -0.05) is 0 Å². The molecular formula is C19H25N7. The molecule has 3 aromatic heterocycles. The number of aryl methyl sites for hydroxylation is 1. The van der Waals surface area contributed by atoms with E-state index in [4.69, 9.17) is 0 Å². The normalized spacial score (nSPS) is 18.3. The number of pyridine rings is 1. The van der Waals surface area contributed by atoms with Crippen molar-refractivity contribution in [2.45, 2.75) is 38.8 Å². The third-order valence-corrected chi connectivity index (χ3v) is 5.26. The van der Waals surface area contributed by atoms with Gasteiger partial charge >= 0.3 is 0 Å². The molecule has 1 atom stereocenters. The highest BCUT2D eigenvalue weighted by molar-refractivity contribution is 5.11. The van der Waals surface area contributed by atoms with E-state index < -0.39 is 0 Å². The van der Waals surface area contributed by atoms with Gasteiger partial charge in [0.1, 0.15) is 11.6 Å². The van der Waals surface area contributed by atoms with E-state index in [2.05, 4.69) is 53.4 Å². The van der Waals surface area contributed by atoms with E-state index in [-0.39, 0.29) is 0 Å². The molecule has 26 heavy (non-hydrogen) atoms. The zero-order chi connectivity index (χ0) is 17.9. The Hall–Kier alpha value is -2.54. The Labute approximate surface area is 153 Å². The summed E-state index contributed by atoms with van der Waals surface area (Å²) in [6.07, 6.45) is 9.90. The van der Waals surface area contributed by atoms with E-state index in [0.717, 1.165) is 37.1 Å². The number of imidazole rings is 1. The number of rotatable bonds is 5. The van der Waals surface area contributed by atoms with Crippen molar-refractivity contribution in [3.8, 4) is 0 Å². The highest BCUT2D eigenvalue weighted by Crippen LogP contribution is 2.26. The molecule has 1 aliphatic rings. The second-order valence-corrected chi connectivity index (χ2v) is 7.07. The smallest absolute Gasteiger partial charge is 0.152 e. The van der Waals surface area contributed by atoms with Gasteiger partial charge in [0.15, 0.2) is 5.82 Å². The first-order valence-corrected chi connectivity index (χ1v) is 9.18. The van der Waals surface area contributed by atoms with Crippen LogP contribution in [0, 0.1) is 6.92 Å². The summed E-state index contributed by atoms with van der Waals surface area (Å²) in [6.45, 7) is 5.85. The lowest BCUT2D eigenvalue weighted by Crippen LogP contribution is -2.34. The zero-order valence-corrected chi connectivity index (χ0v) is 15.4. The fraction of sp³-hybridized carbons (Fsp3) is 0.474. The minimum Gasteiger partial charge on any atom is -0.328 e. The average Bonchev–Trinajstić information content (AvgIpc) is 3.23. The fourth-order valence-electron chi connectivity index (χ4n) is 3.75. The third kappa shape index (κ3) is 3.53. The minimum atomic E-state index is 0.431. The topological polar surface area (TPSA) is 64.7 Å². The molecule has 136 valence electrons. The highest BCUT2D eigenvalue weighted by atomic mass is 15.3. The summed E-state index contributed by atoms with van der Waals surface area (Å²) in [5.74, 6) is 3.50. The molecule has 0 unspecified atom stereocenters. The Balaban J connectivity index is 1.46. The van der Waals surface area contributed by atoms with Crippen LogP contribution in [0.3, 0.4) is 0 Å². The van der Waals surface area contributed by atoms with Gasteiger partial charge in [0.25, 0.3) is 0 Å². The van der Waals surface area contributed by atoms with Crippen LogP contribution >= 0.6 is 0 Å². The van der Waals surface area contributed by atoms with E-state index >= 15 is 0 Å². The largest absolute Gasteiger partial charge is 0.328 e. The molecule has 0 spiro atoms. The first kappa shape index (κ1) is 16.9. The monoisotopic (exact) mass is 351 g/mol. The quantitative estimate of drug-likeness (QED) is 0.705. The number of nitrogens with zero attached hydrogens (tertiary/aromatic N) is 7. The number of hydrogen-bond acceptors (Lipinski definition) is 5. The molecule has 0 radical (unpaired) electrons. The molecule has 1 saturated heterocycles. The lowest BCUT2D eigenvalue weighted by molar-refractivity contribution is 0.195. The van der Waals surface area contributed by atoms with Crippen LogP contribution in [0.25, 0.3) is 0 Å².